The Bertz CT molecular complexity index is 761. The third-order valence-electron chi connectivity index (χ3n) is 2.38. The average molecular weight is 328 g/mol. The molecule has 0 unspecified atom stereocenters. The lowest BCUT2D eigenvalue weighted by Crippen LogP contribution is -2.02. The van der Waals surface area contributed by atoms with E-state index in [1.54, 1.807) is 12.1 Å². The highest BCUT2D eigenvalue weighted by atomic mass is 32.2. The quantitative estimate of drug-likeness (QED) is 0.410. The maximum atomic E-state index is 10.6. The van der Waals surface area contributed by atoms with Gasteiger partial charge in [0, 0.05) is 0 Å². The van der Waals surface area contributed by atoms with E-state index in [2.05, 4.69) is 0 Å². The second-order valence-corrected chi connectivity index (χ2v) is 5.37. The van der Waals surface area contributed by atoms with Crippen LogP contribution in [0.4, 0.5) is 0 Å². The van der Waals surface area contributed by atoms with Crippen LogP contribution in [0.25, 0.3) is 0 Å². The SMILES string of the molecule is O=C(O)c1cc(S(=O)(=O)O)ccc1O.Oc1ccccc1O. The number of rotatable bonds is 2. The van der Waals surface area contributed by atoms with Crippen molar-refractivity contribution in [1.29, 1.82) is 0 Å². The van der Waals surface area contributed by atoms with Gasteiger partial charge < -0.3 is 20.4 Å². The third kappa shape index (κ3) is 4.65. The molecule has 0 saturated carbocycles. The zero-order valence-electron chi connectivity index (χ0n) is 10.9. The first-order chi connectivity index (χ1) is 10.1. The Morgan fingerprint density at radius 1 is 0.864 bits per heavy atom. The summed E-state index contributed by atoms with van der Waals surface area (Å²) in [5, 5.41) is 34.9. The van der Waals surface area contributed by atoms with Crippen molar-refractivity contribution < 1.29 is 38.2 Å². The normalized spacial score (nSPS) is 10.4. The Balaban J connectivity index is 0.000000255. The van der Waals surface area contributed by atoms with Crippen molar-refractivity contribution in [1.82, 2.24) is 0 Å². The first-order valence-electron chi connectivity index (χ1n) is 5.63. The molecule has 0 aliphatic heterocycles. The molecule has 22 heavy (non-hydrogen) atoms. The number of carbonyl (C=O) groups is 1. The Kier molecular flexibility index (Phi) is 5.33. The maximum absolute atomic E-state index is 10.6. The molecule has 2 rings (SSSR count). The molecule has 0 spiro atoms. The fourth-order valence-corrected chi connectivity index (χ4v) is 1.82. The molecule has 0 radical (unpaired) electrons. The van der Waals surface area contributed by atoms with Gasteiger partial charge in [-0.1, -0.05) is 12.1 Å². The summed E-state index contributed by atoms with van der Waals surface area (Å²) in [6.07, 6.45) is 0. The Labute approximate surface area is 125 Å². The van der Waals surface area contributed by atoms with Gasteiger partial charge in [-0.25, -0.2) is 4.79 Å². The number of aromatic hydroxyl groups is 3. The molecule has 0 amide bonds. The summed E-state index contributed by atoms with van der Waals surface area (Å²) in [4.78, 5) is 9.89. The molecule has 0 atom stereocenters. The van der Waals surface area contributed by atoms with Crippen LogP contribution in [0.5, 0.6) is 17.2 Å². The van der Waals surface area contributed by atoms with E-state index < -0.39 is 32.3 Å². The zero-order valence-corrected chi connectivity index (χ0v) is 11.7. The summed E-state index contributed by atoms with van der Waals surface area (Å²) in [5.41, 5.74) is -0.583. The van der Waals surface area contributed by atoms with Gasteiger partial charge in [0.25, 0.3) is 10.1 Å². The second-order valence-electron chi connectivity index (χ2n) is 3.95. The number of aromatic carboxylic acids is 1. The van der Waals surface area contributed by atoms with Gasteiger partial charge in [-0.15, -0.1) is 0 Å². The van der Waals surface area contributed by atoms with Gasteiger partial charge in [0.15, 0.2) is 11.5 Å². The van der Waals surface area contributed by atoms with Gasteiger partial charge >= 0.3 is 5.97 Å². The van der Waals surface area contributed by atoms with E-state index in [0.29, 0.717) is 6.07 Å². The number of carboxylic acid groups (broad SMARTS) is 1. The van der Waals surface area contributed by atoms with E-state index in [9.17, 15) is 13.2 Å². The van der Waals surface area contributed by atoms with Gasteiger partial charge in [-0.05, 0) is 30.3 Å². The molecule has 0 aromatic heterocycles. The zero-order chi connectivity index (χ0) is 16.9. The molecule has 0 aliphatic rings. The van der Waals surface area contributed by atoms with Crippen LogP contribution in [0.3, 0.4) is 0 Å². The van der Waals surface area contributed by atoms with Gasteiger partial charge in [-0.2, -0.15) is 8.42 Å². The van der Waals surface area contributed by atoms with E-state index in [0.717, 1.165) is 12.1 Å². The van der Waals surface area contributed by atoms with Gasteiger partial charge in [0.2, 0.25) is 0 Å². The Morgan fingerprint density at radius 3 is 1.73 bits per heavy atom. The fraction of sp³-hybridized carbons (Fsp3) is 0. The lowest BCUT2D eigenvalue weighted by atomic mass is 10.2. The summed E-state index contributed by atoms with van der Waals surface area (Å²) < 4.78 is 29.8. The van der Waals surface area contributed by atoms with Crippen molar-refractivity contribution in [3.05, 3.63) is 48.0 Å². The predicted octanol–water partition coefficient (Wildman–Crippen LogP) is 1.43. The number of hydrogen-bond acceptors (Lipinski definition) is 6. The third-order valence-corrected chi connectivity index (χ3v) is 3.23. The second kappa shape index (κ2) is 6.78. The van der Waals surface area contributed by atoms with Crippen molar-refractivity contribution in [2.75, 3.05) is 0 Å². The van der Waals surface area contributed by atoms with Crippen LogP contribution in [0, 0.1) is 0 Å². The molecule has 0 saturated heterocycles. The molecule has 9 heteroatoms. The van der Waals surface area contributed by atoms with E-state index in [1.165, 1.54) is 12.1 Å². The van der Waals surface area contributed by atoms with Crippen molar-refractivity contribution in [3.8, 4) is 17.2 Å². The van der Waals surface area contributed by atoms with Gasteiger partial charge in [0.05, 0.1) is 4.90 Å². The van der Waals surface area contributed by atoms with Crippen LogP contribution in [-0.4, -0.2) is 39.4 Å². The molecule has 2 aromatic carbocycles. The molecule has 0 aliphatic carbocycles. The lowest BCUT2D eigenvalue weighted by Gasteiger charge is -2.01. The summed E-state index contributed by atoms with van der Waals surface area (Å²) in [6.45, 7) is 0. The molecule has 0 bridgehead atoms. The largest absolute Gasteiger partial charge is 0.507 e. The summed E-state index contributed by atoms with van der Waals surface area (Å²) in [5.74, 6) is -2.20. The smallest absolute Gasteiger partial charge is 0.339 e. The molecule has 0 heterocycles. The summed E-state index contributed by atoms with van der Waals surface area (Å²) in [7, 11) is -4.45. The maximum Gasteiger partial charge on any atom is 0.339 e. The van der Waals surface area contributed by atoms with E-state index in [1.807, 2.05) is 0 Å². The van der Waals surface area contributed by atoms with Crippen LogP contribution < -0.4 is 0 Å². The Hall–Kier alpha value is -2.78. The van der Waals surface area contributed by atoms with Crippen LogP contribution in [0.2, 0.25) is 0 Å². The van der Waals surface area contributed by atoms with Crippen LogP contribution in [-0.2, 0) is 10.1 Å². The number of carboxylic acids is 1. The lowest BCUT2D eigenvalue weighted by molar-refractivity contribution is 0.0693. The number of phenols is 3. The minimum Gasteiger partial charge on any atom is -0.507 e. The van der Waals surface area contributed by atoms with Crippen molar-refractivity contribution >= 4 is 16.1 Å². The van der Waals surface area contributed by atoms with E-state index in [4.69, 9.17) is 25.0 Å². The van der Waals surface area contributed by atoms with Crippen molar-refractivity contribution in [2.45, 2.75) is 4.90 Å². The van der Waals surface area contributed by atoms with Gasteiger partial charge in [-0.3, -0.25) is 4.55 Å². The van der Waals surface area contributed by atoms with E-state index >= 15 is 0 Å². The number of benzene rings is 2. The Morgan fingerprint density at radius 2 is 1.36 bits per heavy atom. The highest BCUT2D eigenvalue weighted by Gasteiger charge is 2.16. The number of hydrogen-bond donors (Lipinski definition) is 5. The predicted molar refractivity (Wildman–Crippen MR) is 74.7 cm³/mol. The number of para-hydroxylation sites is 2. The average Bonchev–Trinajstić information content (AvgIpc) is 2.42. The molecule has 2 aromatic rings. The van der Waals surface area contributed by atoms with Crippen molar-refractivity contribution in [3.63, 3.8) is 0 Å². The van der Waals surface area contributed by atoms with Crippen LogP contribution in [0.15, 0.2) is 47.4 Å². The fourth-order valence-electron chi connectivity index (χ4n) is 1.31. The minimum absolute atomic E-state index is 0.0764. The molecular weight excluding hydrogens is 316 g/mol. The van der Waals surface area contributed by atoms with Crippen LogP contribution >= 0.6 is 0 Å². The number of phenolic OH excluding ortho intramolecular Hbond substituents is 2. The van der Waals surface area contributed by atoms with Crippen LogP contribution in [0.1, 0.15) is 10.4 Å². The van der Waals surface area contributed by atoms with Crippen molar-refractivity contribution in [2.24, 2.45) is 0 Å². The highest BCUT2D eigenvalue weighted by Crippen LogP contribution is 2.21. The molecule has 8 nitrogen and oxygen atoms in total. The van der Waals surface area contributed by atoms with Gasteiger partial charge in [0.1, 0.15) is 11.3 Å². The van der Waals surface area contributed by atoms with E-state index in [-0.39, 0.29) is 11.5 Å². The monoisotopic (exact) mass is 328 g/mol. The first-order valence-corrected chi connectivity index (χ1v) is 7.07. The molecule has 118 valence electrons. The summed E-state index contributed by atoms with van der Waals surface area (Å²) in [6, 6.07) is 8.60. The minimum atomic E-state index is -4.45. The standard InChI is InChI=1S/C7H6O6S.C6H6O2/c8-6-2-1-4(14(11,12)13)3-5(6)7(9)10;7-5-3-1-2-4-6(5)8/h1-3,8H,(H,9,10)(H,11,12,13);1-4,7-8H. The summed E-state index contributed by atoms with van der Waals surface area (Å²) >= 11 is 0. The topological polar surface area (TPSA) is 152 Å². The molecule has 0 fully saturated rings. The molecular formula is C13H12O8S. The molecule has 5 N–H and O–H groups in total. The highest BCUT2D eigenvalue weighted by molar-refractivity contribution is 7.85. The first kappa shape index (κ1) is 17.3.